The van der Waals surface area contributed by atoms with Gasteiger partial charge < -0.3 is 40.9 Å². The van der Waals surface area contributed by atoms with Crippen molar-refractivity contribution in [2.24, 2.45) is 11.7 Å². The van der Waals surface area contributed by atoms with Gasteiger partial charge in [-0.3, -0.25) is 29.0 Å². The number of benzene rings is 2. The number of nitrogens with two attached hydrogens (primary N) is 1. The second-order valence-corrected chi connectivity index (χ2v) is 16.5. The van der Waals surface area contributed by atoms with Crippen molar-refractivity contribution >= 4 is 58.4 Å². The molecule has 17 nitrogen and oxygen atoms in total. The van der Waals surface area contributed by atoms with Crippen molar-refractivity contribution in [3.8, 4) is 0 Å². The molecule has 0 spiro atoms. The molecule has 1 aromatic heterocycles. The minimum absolute atomic E-state index is 0.0599. The standard InChI is InChI=1S/C42H50N12O5/c1-26-5-12-34(39(56)45-26)54-40(57)32-11-10-30(20-33(32)41(54)58)52-23-27(24-52)22-49-15-17-50(18-16-49)29-8-6-28(7-9-29)46-38-36(37(43)55)44-21-35(47-38)51-13-3-4-31(25-51)53-19-14-48(2)42(53)59/h6-11,20-21,27,31,34H,1,3-5,12-19,22-25H2,2H3,(H2,43,55)(H,45,56)(H,46,47)/t31-,34?/m1/s1. The molecule has 17 heteroatoms. The van der Waals surface area contributed by atoms with Crippen LogP contribution in [0.2, 0.25) is 0 Å². The van der Waals surface area contributed by atoms with E-state index >= 15 is 0 Å². The molecule has 5 saturated heterocycles. The first kappa shape index (κ1) is 38.3. The maximum Gasteiger partial charge on any atom is 0.320 e. The zero-order valence-electron chi connectivity index (χ0n) is 33.3. The second kappa shape index (κ2) is 15.5. The first-order valence-electron chi connectivity index (χ1n) is 20.5. The molecule has 1 unspecified atom stereocenters. The molecule has 0 bridgehead atoms. The van der Waals surface area contributed by atoms with Crippen LogP contribution in [0.3, 0.4) is 0 Å². The van der Waals surface area contributed by atoms with Gasteiger partial charge in [0.05, 0.1) is 23.4 Å². The molecule has 6 aliphatic rings. The van der Waals surface area contributed by atoms with Crippen molar-refractivity contribution in [1.82, 2.24) is 34.9 Å². The smallest absolute Gasteiger partial charge is 0.320 e. The summed E-state index contributed by atoms with van der Waals surface area (Å²) >= 11 is 0. The van der Waals surface area contributed by atoms with E-state index in [1.54, 1.807) is 23.2 Å². The Kier molecular flexibility index (Phi) is 10.1. The summed E-state index contributed by atoms with van der Waals surface area (Å²) in [5, 5.41) is 5.96. The number of carbonyl (C=O) groups is 5. The molecule has 59 heavy (non-hydrogen) atoms. The van der Waals surface area contributed by atoms with E-state index in [1.165, 1.54) is 0 Å². The first-order chi connectivity index (χ1) is 28.5. The van der Waals surface area contributed by atoms with Gasteiger partial charge in [0.25, 0.3) is 17.7 Å². The Morgan fingerprint density at radius 2 is 1.61 bits per heavy atom. The molecule has 7 heterocycles. The van der Waals surface area contributed by atoms with Crippen molar-refractivity contribution in [3.05, 3.63) is 77.8 Å². The molecule has 4 N–H and O–H groups in total. The SMILES string of the molecule is C=C1CCC(N2C(=O)c3ccc(N4CC(CN5CCN(c6ccc(Nc7nc(N8CCC[C@@H](N9CCN(C)C9=O)C8)cnc7C(N)=O)cc6)CC5)C4)cc3C2=O)C(=O)N1. The maximum atomic E-state index is 13.4. The van der Waals surface area contributed by atoms with E-state index < -0.39 is 23.8 Å². The lowest BCUT2D eigenvalue weighted by Crippen LogP contribution is -2.55. The van der Waals surface area contributed by atoms with E-state index in [2.05, 4.69) is 53.9 Å². The fraction of sp³-hybridized carbons (Fsp3) is 0.452. The van der Waals surface area contributed by atoms with E-state index in [-0.39, 0.29) is 23.7 Å². The third kappa shape index (κ3) is 7.39. The highest BCUT2D eigenvalue weighted by atomic mass is 16.2. The normalized spacial score (nSPS) is 22.9. The van der Waals surface area contributed by atoms with Gasteiger partial charge in [-0.25, -0.2) is 14.8 Å². The number of piperazine rings is 1. The van der Waals surface area contributed by atoms with Crippen molar-refractivity contribution in [2.45, 2.75) is 37.8 Å². The van der Waals surface area contributed by atoms with Gasteiger partial charge in [-0.1, -0.05) is 6.58 Å². The largest absolute Gasteiger partial charge is 0.371 e. The number of fused-ring (bicyclic) bond motifs is 1. The number of amides is 6. The molecule has 6 aliphatic heterocycles. The van der Waals surface area contributed by atoms with Crippen LogP contribution in [-0.4, -0.2) is 150 Å². The van der Waals surface area contributed by atoms with Crippen molar-refractivity contribution in [2.75, 3.05) is 99.1 Å². The number of likely N-dealkylation sites (N-methyl/N-ethyl adjacent to an activating group) is 1. The number of imide groups is 1. The zero-order valence-corrected chi connectivity index (χ0v) is 33.3. The number of piperidine rings is 2. The third-order valence-corrected chi connectivity index (χ3v) is 12.6. The second-order valence-electron chi connectivity index (χ2n) is 16.5. The van der Waals surface area contributed by atoms with Crippen LogP contribution in [0.4, 0.5) is 33.5 Å². The lowest BCUT2D eigenvalue weighted by atomic mass is 9.97. The maximum absolute atomic E-state index is 13.4. The lowest BCUT2D eigenvalue weighted by molar-refractivity contribution is -0.125. The van der Waals surface area contributed by atoms with Crippen LogP contribution in [-0.2, 0) is 4.79 Å². The number of hydrogen-bond donors (Lipinski definition) is 3. The molecule has 0 radical (unpaired) electrons. The van der Waals surface area contributed by atoms with Gasteiger partial charge >= 0.3 is 6.03 Å². The predicted octanol–water partition coefficient (Wildman–Crippen LogP) is 2.30. The van der Waals surface area contributed by atoms with Gasteiger partial charge in [0.15, 0.2) is 11.5 Å². The molecular weight excluding hydrogens is 753 g/mol. The Hall–Kier alpha value is -6.23. The van der Waals surface area contributed by atoms with Gasteiger partial charge in [0, 0.05) is 108 Å². The summed E-state index contributed by atoms with van der Waals surface area (Å²) in [6.45, 7) is 13.1. The number of primary amides is 1. The van der Waals surface area contributed by atoms with Crippen LogP contribution in [0, 0.1) is 5.92 Å². The van der Waals surface area contributed by atoms with E-state index in [1.807, 2.05) is 30.1 Å². The number of nitrogens with zero attached hydrogens (tertiary/aromatic N) is 9. The van der Waals surface area contributed by atoms with Crippen molar-refractivity contribution in [3.63, 3.8) is 0 Å². The number of carbonyl (C=O) groups excluding carboxylic acids is 5. The molecule has 5 fully saturated rings. The Labute approximate surface area is 342 Å². The Morgan fingerprint density at radius 3 is 2.32 bits per heavy atom. The molecule has 9 rings (SSSR count). The summed E-state index contributed by atoms with van der Waals surface area (Å²) in [4.78, 5) is 87.4. The molecule has 0 aliphatic carbocycles. The van der Waals surface area contributed by atoms with Crippen LogP contribution in [0.1, 0.15) is 56.9 Å². The summed E-state index contributed by atoms with van der Waals surface area (Å²) < 4.78 is 0. The number of allylic oxidation sites excluding steroid dienone is 1. The monoisotopic (exact) mass is 802 g/mol. The molecule has 6 amide bonds. The molecule has 2 atom stereocenters. The van der Waals surface area contributed by atoms with Gasteiger partial charge in [-0.05, 0) is 68.1 Å². The summed E-state index contributed by atoms with van der Waals surface area (Å²) in [5.74, 6) is -0.428. The number of aromatic nitrogens is 2. The number of nitrogens with one attached hydrogen (secondary N) is 2. The summed E-state index contributed by atoms with van der Waals surface area (Å²) in [5.41, 5.74) is 9.87. The minimum atomic E-state index is -0.818. The molecule has 3 aromatic rings. The summed E-state index contributed by atoms with van der Waals surface area (Å²) in [7, 11) is 1.83. The highest BCUT2D eigenvalue weighted by molar-refractivity contribution is 6.23. The molecule has 0 saturated carbocycles. The average molecular weight is 803 g/mol. The highest BCUT2D eigenvalue weighted by Gasteiger charge is 2.44. The van der Waals surface area contributed by atoms with Crippen LogP contribution in [0.25, 0.3) is 0 Å². The van der Waals surface area contributed by atoms with Crippen LogP contribution >= 0.6 is 0 Å². The van der Waals surface area contributed by atoms with E-state index in [4.69, 9.17) is 10.7 Å². The Morgan fingerprint density at radius 1 is 0.864 bits per heavy atom. The van der Waals surface area contributed by atoms with Gasteiger partial charge in [0.2, 0.25) is 5.91 Å². The number of urea groups is 1. The number of rotatable bonds is 10. The number of hydrogen-bond acceptors (Lipinski definition) is 12. The fourth-order valence-corrected chi connectivity index (χ4v) is 9.30. The average Bonchev–Trinajstić information content (AvgIpc) is 3.69. The molecule has 2 aromatic carbocycles. The van der Waals surface area contributed by atoms with E-state index in [0.29, 0.717) is 53.8 Å². The fourth-order valence-electron chi connectivity index (χ4n) is 9.30. The molecular formula is C42H50N12O5. The summed E-state index contributed by atoms with van der Waals surface area (Å²) in [6, 6.07) is 12.8. The first-order valence-corrected chi connectivity index (χ1v) is 20.5. The summed E-state index contributed by atoms with van der Waals surface area (Å²) in [6.07, 6.45) is 4.35. The molecule has 308 valence electrons. The predicted molar refractivity (Wildman–Crippen MR) is 222 cm³/mol. The van der Waals surface area contributed by atoms with Gasteiger partial charge in [-0.15, -0.1) is 0 Å². The van der Waals surface area contributed by atoms with Crippen molar-refractivity contribution < 1.29 is 24.0 Å². The van der Waals surface area contributed by atoms with Crippen LogP contribution < -0.4 is 31.1 Å². The zero-order chi connectivity index (χ0) is 40.9. The van der Waals surface area contributed by atoms with Gasteiger partial charge in [-0.2, -0.15) is 0 Å². The van der Waals surface area contributed by atoms with Gasteiger partial charge in [0.1, 0.15) is 11.9 Å². The van der Waals surface area contributed by atoms with E-state index in [9.17, 15) is 24.0 Å². The van der Waals surface area contributed by atoms with E-state index in [0.717, 1.165) is 100 Å². The number of anilines is 5. The van der Waals surface area contributed by atoms with Crippen LogP contribution in [0.15, 0.2) is 60.9 Å². The topological polar surface area (TPSA) is 184 Å². The van der Waals surface area contributed by atoms with Crippen molar-refractivity contribution in [1.29, 1.82) is 0 Å². The van der Waals surface area contributed by atoms with Crippen LogP contribution in [0.5, 0.6) is 0 Å². The lowest BCUT2D eigenvalue weighted by Gasteiger charge is -2.45. The minimum Gasteiger partial charge on any atom is -0.371 e. The Balaban J connectivity index is 0.760. The Bertz CT molecular complexity index is 2200. The quantitative estimate of drug-likeness (QED) is 0.255. The third-order valence-electron chi connectivity index (χ3n) is 12.6. The highest BCUT2D eigenvalue weighted by Crippen LogP contribution is 2.34.